The number of nitrogens with one attached hydrogen (secondary N) is 1. The lowest BCUT2D eigenvalue weighted by atomic mass is 10.1. The summed E-state index contributed by atoms with van der Waals surface area (Å²) < 4.78 is 40.3. The first kappa shape index (κ1) is 19.6. The van der Waals surface area contributed by atoms with Crippen LogP contribution in [-0.2, 0) is 10.0 Å². The molecular formula is C14H21Cl2FN2O2S. The number of hydrogen-bond donors (Lipinski definition) is 1. The number of nitrogens with zero attached hydrogens (tertiary/aromatic N) is 1. The molecule has 1 aromatic rings. The van der Waals surface area contributed by atoms with Crippen molar-refractivity contribution < 1.29 is 12.8 Å². The molecule has 4 nitrogen and oxygen atoms in total. The molecule has 0 unspecified atom stereocenters. The summed E-state index contributed by atoms with van der Waals surface area (Å²) in [4.78, 5) is 2.26. The molecule has 0 spiro atoms. The van der Waals surface area contributed by atoms with E-state index in [1.165, 1.54) is 6.07 Å². The van der Waals surface area contributed by atoms with Crippen LogP contribution in [0, 0.1) is 5.82 Å². The van der Waals surface area contributed by atoms with E-state index in [-0.39, 0.29) is 28.4 Å². The van der Waals surface area contributed by atoms with Crippen molar-refractivity contribution in [3.05, 3.63) is 29.0 Å². The van der Waals surface area contributed by atoms with Crippen molar-refractivity contribution in [3.8, 4) is 0 Å². The minimum atomic E-state index is -3.70. The third kappa shape index (κ3) is 5.06. The van der Waals surface area contributed by atoms with Crippen LogP contribution in [0.2, 0.25) is 5.02 Å². The highest BCUT2D eigenvalue weighted by atomic mass is 35.5. The number of halogens is 3. The Morgan fingerprint density at radius 2 is 2.00 bits per heavy atom. The van der Waals surface area contributed by atoms with Crippen LogP contribution in [0.1, 0.15) is 26.2 Å². The van der Waals surface area contributed by atoms with Crippen molar-refractivity contribution in [1.29, 1.82) is 0 Å². The van der Waals surface area contributed by atoms with Gasteiger partial charge in [-0.3, -0.25) is 0 Å². The Hall–Kier alpha value is -0.400. The van der Waals surface area contributed by atoms with Crippen molar-refractivity contribution >= 4 is 34.0 Å². The van der Waals surface area contributed by atoms with E-state index in [2.05, 4.69) is 16.5 Å². The second-order valence-electron chi connectivity index (χ2n) is 5.31. The molecule has 0 bridgehead atoms. The zero-order valence-corrected chi connectivity index (χ0v) is 14.8. The Kier molecular flexibility index (Phi) is 7.55. The van der Waals surface area contributed by atoms with Gasteiger partial charge in [0.15, 0.2) is 0 Å². The molecule has 1 aromatic carbocycles. The zero-order valence-electron chi connectivity index (χ0n) is 12.4. The van der Waals surface area contributed by atoms with Crippen molar-refractivity contribution in [1.82, 2.24) is 9.62 Å². The minimum Gasteiger partial charge on any atom is -0.303 e. The molecule has 0 aliphatic carbocycles. The molecular weight excluding hydrogens is 350 g/mol. The van der Waals surface area contributed by atoms with Gasteiger partial charge >= 0.3 is 0 Å². The molecule has 8 heteroatoms. The first-order chi connectivity index (χ1) is 9.92. The fraction of sp³-hybridized carbons (Fsp3) is 0.571. The van der Waals surface area contributed by atoms with E-state index in [0.717, 1.165) is 51.0 Å². The molecule has 1 N–H and O–H groups in total. The summed E-state index contributed by atoms with van der Waals surface area (Å²) in [6, 6.07) is 3.22. The lowest BCUT2D eigenvalue weighted by Crippen LogP contribution is -2.44. The molecule has 0 amide bonds. The largest absolute Gasteiger partial charge is 0.303 e. The second-order valence-corrected chi connectivity index (χ2v) is 7.40. The van der Waals surface area contributed by atoms with Crippen LogP contribution in [0.3, 0.4) is 0 Å². The third-order valence-corrected chi connectivity index (χ3v) is 5.64. The Morgan fingerprint density at radius 1 is 1.36 bits per heavy atom. The van der Waals surface area contributed by atoms with E-state index in [1.807, 2.05) is 0 Å². The normalized spacial score (nSPS) is 17.2. The fourth-order valence-corrected chi connectivity index (χ4v) is 4.40. The molecule has 1 aliphatic heterocycles. The number of likely N-dealkylation sites (tertiary alicyclic amines) is 1. The molecule has 1 aliphatic rings. The van der Waals surface area contributed by atoms with Crippen molar-refractivity contribution in [2.75, 3.05) is 19.6 Å². The van der Waals surface area contributed by atoms with E-state index < -0.39 is 15.8 Å². The van der Waals surface area contributed by atoms with E-state index >= 15 is 0 Å². The van der Waals surface area contributed by atoms with Gasteiger partial charge in [0.1, 0.15) is 10.7 Å². The number of sulfonamides is 1. The van der Waals surface area contributed by atoms with Gasteiger partial charge in [0.05, 0.1) is 5.02 Å². The summed E-state index contributed by atoms with van der Waals surface area (Å²) in [6.07, 6.45) is 2.65. The summed E-state index contributed by atoms with van der Waals surface area (Å²) in [5.41, 5.74) is 0. The highest BCUT2D eigenvalue weighted by molar-refractivity contribution is 7.89. The number of rotatable bonds is 5. The average Bonchev–Trinajstić information content (AvgIpc) is 2.40. The molecule has 0 aromatic heterocycles. The van der Waals surface area contributed by atoms with E-state index in [0.29, 0.717) is 0 Å². The number of piperidine rings is 1. The van der Waals surface area contributed by atoms with Crippen LogP contribution in [0.15, 0.2) is 23.1 Å². The molecule has 1 saturated heterocycles. The van der Waals surface area contributed by atoms with Gasteiger partial charge in [-0.1, -0.05) is 18.5 Å². The Morgan fingerprint density at radius 3 is 2.55 bits per heavy atom. The first-order valence-corrected chi connectivity index (χ1v) is 8.98. The predicted molar refractivity (Wildman–Crippen MR) is 88.7 cm³/mol. The average molecular weight is 371 g/mol. The van der Waals surface area contributed by atoms with Crippen molar-refractivity contribution in [2.45, 2.75) is 37.1 Å². The topological polar surface area (TPSA) is 49.4 Å². The molecule has 1 heterocycles. The van der Waals surface area contributed by atoms with Gasteiger partial charge < -0.3 is 4.90 Å². The summed E-state index contributed by atoms with van der Waals surface area (Å²) >= 11 is 5.83. The van der Waals surface area contributed by atoms with E-state index in [9.17, 15) is 12.8 Å². The Labute approximate surface area is 142 Å². The minimum absolute atomic E-state index is 0. The van der Waals surface area contributed by atoms with E-state index in [1.54, 1.807) is 0 Å². The Bertz CT molecular complexity index is 591. The molecule has 0 saturated carbocycles. The van der Waals surface area contributed by atoms with E-state index in [4.69, 9.17) is 11.6 Å². The second kappa shape index (κ2) is 8.45. The quantitative estimate of drug-likeness (QED) is 0.866. The summed E-state index contributed by atoms with van der Waals surface area (Å²) in [7, 11) is -3.70. The van der Waals surface area contributed by atoms with Crippen LogP contribution in [0.4, 0.5) is 4.39 Å². The van der Waals surface area contributed by atoms with Crippen molar-refractivity contribution in [3.63, 3.8) is 0 Å². The lowest BCUT2D eigenvalue weighted by molar-refractivity contribution is 0.208. The van der Waals surface area contributed by atoms with Crippen LogP contribution in [0.25, 0.3) is 0 Å². The van der Waals surface area contributed by atoms with Gasteiger partial charge in [0.2, 0.25) is 10.0 Å². The maximum absolute atomic E-state index is 13.0. The van der Waals surface area contributed by atoms with Gasteiger partial charge in [-0.25, -0.2) is 17.5 Å². The highest BCUT2D eigenvalue weighted by Gasteiger charge is 2.25. The van der Waals surface area contributed by atoms with Gasteiger partial charge in [0, 0.05) is 6.04 Å². The highest BCUT2D eigenvalue weighted by Crippen LogP contribution is 2.23. The van der Waals surface area contributed by atoms with Gasteiger partial charge in [-0.05, 0) is 57.1 Å². The number of benzene rings is 1. The standard InChI is InChI=1S/C14H20ClFN2O2S.ClH/c1-2-7-18-8-5-12(6-9-18)17-21(19,20)14-4-3-11(16)10-13(14)15;/h3-4,10,12,17H,2,5-9H2,1H3;1H. The maximum Gasteiger partial charge on any atom is 0.242 e. The third-order valence-electron chi connectivity index (χ3n) is 3.63. The Balaban J connectivity index is 0.00000242. The monoisotopic (exact) mass is 370 g/mol. The fourth-order valence-electron chi connectivity index (χ4n) is 2.57. The summed E-state index contributed by atoms with van der Waals surface area (Å²) in [5.74, 6) is -0.549. The summed E-state index contributed by atoms with van der Waals surface area (Å²) in [6.45, 7) is 4.95. The smallest absolute Gasteiger partial charge is 0.242 e. The van der Waals surface area contributed by atoms with Crippen LogP contribution < -0.4 is 4.72 Å². The maximum atomic E-state index is 13.0. The number of hydrogen-bond acceptors (Lipinski definition) is 3. The molecule has 126 valence electrons. The summed E-state index contributed by atoms with van der Waals surface area (Å²) in [5, 5.41) is -0.0917. The molecule has 1 fully saturated rings. The SMILES string of the molecule is CCCN1CCC(NS(=O)(=O)c2ccc(F)cc2Cl)CC1.Cl. The lowest BCUT2D eigenvalue weighted by Gasteiger charge is -2.31. The van der Waals surface area contributed by atoms with Crippen LogP contribution >= 0.6 is 24.0 Å². The van der Waals surface area contributed by atoms with Crippen LogP contribution in [0.5, 0.6) is 0 Å². The van der Waals surface area contributed by atoms with Gasteiger partial charge in [0.25, 0.3) is 0 Å². The van der Waals surface area contributed by atoms with Gasteiger partial charge in [-0.2, -0.15) is 0 Å². The van der Waals surface area contributed by atoms with Gasteiger partial charge in [-0.15, -0.1) is 12.4 Å². The molecule has 0 radical (unpaired) electrons. The molecule has 0 atom stereocenters. The predicted octanol–water partition coefficient (Wildman–Crippen LogP) is 3.05. The van der Waals surface area contributed by atoms with Crippen molar-refractivity contribution in [2.24, 2.45) is 0 Å². The first-order valence-electron chi connectivity index (χ1n) is 7.12. The molecule has 2 rings (SSSR count). The zero-order chi connectivity index (χ0) is 15.5. The molecule has 22 heavy (non-hydrogen) atoms. The van der Waals surface area contributed by atoms with Crippen LogP contribution in [-0.4, -0.2) is 39.0 Å².